The van der Waals surface area contributed by atoms with Crippen LogP contribution in [0.25, 0.3) is 0 Å². The number of esters is 1. The van der Waals surface area contributed by atoms with E-state index in [1.165, 1.54) is 13.0 Å². The molecule has 1 rings (SSSR count). The lowest BCUT2D eigenvalue weighted by Gasteiger charge is -2.16. The highest BCUT2D eigenvalue weighted by Gasteiger charge is 2.32. The van der Waals surface area contributed by atoms with Gasteiger partial charge in [-0.2, -0.15) is 0 Å². The fourth-order valence-corrected chi connectivity index (χ4v) is 1.67. The number of nitro groups is 1. The maximum atomic E-state index is 13.8. The molecule has 0 saturated heterocycles. The normalized spacial score (nSPS) is 13.0. The van der Waals surface area contributed by atoms with Gasteiger partial charge >= 0.3 is 5.97 Å². The topological polar surface area (TPSA) is 95.5 Å². The van der Waals surface area contributed by atoms with E-state index in [1.807, 2.05) is 0 Å². The number of rotatable bonds is 5. The number of halogens is 3. The summed E-state index contributed by atoms with van der Waals surface area (Å²) in [7, 11) is 0. The first-order valence-electron chi connectivity index (χ1n) is 5.38. The molecule has 1 aromatic rings. The standard InChI is InChI=1S/C11H12ClFN2O4.ClH/c1-2-19-11(16)9(13)10(14)7-5-6(12)3-4-8(7)15(17)18;/h3-5,9-10H,2,14H2,1H3;1H/t9?,10-;/m0./s1. The molecule has 1 unspecified atom stereocenters. The Balaban J connectivity index is 0.00000361. The number of carbonyl (C=O) groups excluding carboxylic acids is 1. The molecule has 9 heteroatoms. The van der Waals surface area contributed by atoms with Gasteiger partial charge in [-0.3, -0.25) is 10.1 Å². The van der Waals surface area contributed by atoms with Gasteiger partial charge < -0.3 is 10.5 Å². The van der Waals surface area contributed by atoms with Crippen molar-refractivity contribution in [1.29, 1.82) is 0 Å². The van der Waals surface area contributed by atoms with Crippen molar-refractivity contribution in [3.63, 3.8) is 0 Å². The van der Waals surface area contributed by atoms with Crippen LogP contribution < -0.4 is 5.73 Å². The quantitative estimate of drug-likeness (QED) is 0.509. The summed E-state index contributed by atoms with van der Waals surface area (Å²) in [4.78, 5) is 21.3. The van der Waals surface area contributed by atoms with E-state index < -0.39 is 28.8 Å². The fourth-order valence-electron chi connectivity index (χ4n) is 1.48. The van der Waals surface area contributed by atoms with Crippen molar-refractivity contribution in [2.45, 2.75) is 19.1 Å². The second-order valence-corrected chi connectivity index (χ2v) is 4.08. The van der Waals surface area contributed by atoms with E-state index in [4.69, 9.17) is 17.3 Å². The Morgan fingerprint density at radius 2 is 2.20 bits per heavy atom. The summed E-state index contributed by atoms with van der Waals surface area (Å²) < 4.78 is 18.3. The average Bonchev–Trinajstić information content (AvgIpc) is 2.36. The number of alkyl halides is 1. The number of ether oxygens (including phenoxy) is 1. The zero-order chi connectivity index (χ0) is 14.6. The molecule has 2 N–H and O–H groups in total. The molecule has 0 saturated carbocycles. The van der Waals surface area contributed by atoms with Crippen LogP contribution in [0.5, 0.6) is 0 Å². The first-order chi connectivity index (χ1) is 8.88. The molecule has 0 bridgehead atoms. The molecule has 20 heavy (non-hydrogen) atoms. The molecule has 112 valence electrons. The van der Waals surface area contributed by atoms with Crippen LogP contribution in [-0.4, -0.2) is 23.7 Å². The van der Waals surface area contributed by atoms with Crippen LogP contribution in [-0.2, 0) is 9.53 Å². The highest BCUT2D eigenvalue weighted by molar-refractivity contribution is 6.30. The lowest BCUT2D eigenvalue weighted by molar-refractivity contribution is -0.385. The van der Waals surface area contributed by atoms with Gasteiger partial charge in [-0.05, 0) is 19.1 Å². The smallest absolute Gasteiger partial charge is 0.342 e. The molecule has 0 amide bonds. The van der Waals surface area contributed by atoms with Crippen molar-refractivity contribution in [3.05, 3.63) is 38.9 Å². The zero-order valence-corrected chi connectivity index (χ0v) is 12.0. The minimum Gasteiger partial charge on any atom is -0.464 e. The predicted octanol–water partition coefficient (Wildman–Crippen LogP) is 2.57. The summed E-state index contributed by atoms with van der Waals surface area (Å²) in [5.74, 6) is -1.16. The lowest BCUT2D eigenvalue weighted by Crippen LogP contribution is -2.32. The lowest BCUT2D eigenvalue weighted by atomic mass is 10.0. The summed E-state index contributed by atoms with van der Waals surface area (Å²) in [6.45, 7) is 1.50. The number of nitrogens with zero attached hydrogens (tertiary/aromatic N) is 1. The van der Waals surface area contributed by atoms with E-state index in [2.05, 4.69) is 4.74 Å². The Labute approximate surface area is 125 Å². The molecule has 0 aliphatic heterocycles. The third kappa shape index (κ3) is 4.29. The molecule has 0 radical (unpaired) electrons. The number of benzene rings is 1. The zero-order valence-electron chi connectivity index (χ0n) is 10.4. The SMILES string of the molecule is CCOC(=O)C(F)[C@@H](N)c1cc(Cl)ccc1[N+](=O)[O-].Cl. The third-order valence-corrected chi connectivity index (χ3v) is 2.61. The Bertz CT molecular complexity index is 501. The number of carbonyl (C=O) groups is 1. The summed E-state index contributed by atoms with van der Waals surface area (Å²) in [6.07, 6.45) is -2.20. The van der Waals surface area contributed by atoms with Gasteiger partial charge in [0.05, 0.1) is 23.1 Å². The van der Waals surface area contributed by atoms with Crippen LogP contribution in [0.2, 0.25) is 5.02 Å². The summed E-state index contributed by atoms with van der Waals surface area (Å²) in [6, 6.07) is 2.04. The van der Waals surface area contributed by atoms with Crippen LogP contribution in [0.1, 0.15) is 18.5 Å². The van der Waals surface area contributed by atoms with Crippen LogP contribution in [0.3, 0.4) is 0 Å². The molecule has 0 aromatic heterocycles. The van der Waals surface area contributed by atoms with Crippen molar-refractivity contribution in [1.82, 2.24) is 0 Å². The van der Waals surface area contributed by atoms with Crippen LogP contribution >= 0.6 is 24.0 Å². The van der Waals surface area contributed by atoms with Crippen molar-refractivity contribution >= 4 is 35.7 Å². The van der Waals surface area contributed by atoms with Crippen molar-refractivity contribution in [2.75, 3.05) is 6.61 Å². The molecule has 0 aliphatic rings. The monoisotopic (exact) mass is 326 g/mol. The van der Waals surface area contributed by atoms with Gasteiger partial charge in [-0.15, -0.1) is 12.4 Å². The summed E-state index contributed by atoms with van der Waals surface area (Å²) >= 11 is 5.69. The number of nitro benzene ring substituents is 1. The summed E-state index contributed by atoms with van der Waals surface area (Å²) in [5.41, 5.74) is 4.98. The molecular formula is C11H13Cl2FN2O4. The minimum absolute atomic E-state index is 0. The number of nitrogens with two attached hydrogens (primary N) is 1. The maximum absolute atomic E-state index is 13.8. The fraction of sp³-hybridized carbons (Fsp3) is 0.364. The third-order valence-electron chi connectivity index (χ3n) is 2.37. The van der Waals surface area contributed by atoms with Gasteiger partial charge in [-0.1, -0.05) is 11.6 Å². The molecular weight excluding hydrogens is 314 g/mol. The average molecular weight is 327 g/mol. The molecule has 0 aliphatic carbocycles. The highest BCUT2D eigenvalue weighted by atomic mass is 35.5. The van der Waals surface area contributed by atoms with Crippen molar-refractivity contribution in [2.24, 2.45) is 5.73 Å². The predicted molar refractivity (Wildman–Crippen MR) is 73.8 cm³/mol. The number of hydrogen-bond acceptors (Lipinski definition) is 5. The van der Waals surface area contributed by atoms with Gasteiger partial charge in [0.1, 0.15) is 0 Å². The minimum atomic E-state index is -2.20. The summed E-state index contributed by atoms with van der Waals surface area (Å²) in [5, 5.41) is 11.0. The van der Waals surface area contributed by atoms with Gasteiger partial charge in [0.15, 0.2) is 0 Å². The Morgan fingerprint density at radius 3 is 2.70 bits per heavy atom. The van der Waals surface area contributed by atoms with E-state index >= 15 is 0 Å². The van der Waals surface area contributed by atoms with Gasteiger partial charge in [0, 0.05) is 11.1 Å². The van der Waals surface area contributed by atoms with Crippen LogP contribution in [0.15, 0.2) is 18.2 Å². The Hall–Kier alpha value is -1.44. The Morgan fingerprint density at radius 1 is 1.60 bits per heavy atom. The molecule has 6 nitrogen and oxygen atoms in total. The van der Waals surface area contributed by atoms with E-state index in [9.17, 15) is 19.3 Å². The molecule has 2 atom stereocenters. The Kier molecular flexibility index (Phi) is 7.41. The van der Waals surface area contributed by atoms with E-state index in [0.29, 0.717) is 0 Å². The van der Waals surface area contributed by atoms with E-state index in [-0.39, 0.29) is 29.6 Å². The van der Waals surface area contributed by atoms with Crippen molar-refractivity contribution < 1.29 is 18.8 Å². The van der Waals surface area contributed by atoms with Gasteiger partial charge in [0.2, 0.25) is 6.17 Å². The van der Waals surface area contributed by atoms with Crippen molar-refractivity contribution in [3.8, 4) is 0 Å². The molecule has 0 spiro atoms. The molecule has 1 aromatic carbocycles. The van der Waals surface area contributed by atoms with Crippen LogP contribution in [0.4, 0.5) is 10.1 Å². The second-order valence-electron chi connectivity index (χ2n) is 3.64. The first kappa shape index (κ1) is 18.6. The maximum Gasteiger partial charge on any atom is 0.342 e. The van der Waals surface area contributed by atoms with Gasteiger partial charge in [0.25, 0.3) is 5.69 Å². The van der Waals surface area contributed by atoms with Gasteiger partial charge in [-0.25, -0.2) is 9.18 Å². The number of hydrogen-bond donors (Lipinski definition) is 1. The second kappa shape index (κ2) is 7.98. The molecule has 0 fully saturated rings. The van der Waals surface area contributed by atoms with Crippen LogP contribution in [0, 0.1) is 10.1 Å². The highest BCUT2D eigenvalue weighted by Crippen LogP contribution is 2.30. The van der Waals surface area contributed by atoms with E-state index in [1.54, 1.807) is 0 Å². The molecule has 0 heterocycles. The first-order valence-corrected chi connectivity index (χ1v) is 5.76. The van der Waals surface area contributed by atoms with E-state index in [0.717, 1.165) is 12.1 Å². The largest absolute Gasteiger partial charge is 0.464 e.